The number of benzene rings is 2. The van der Waals surface area contributed by atoms with Crippen LogP contribution in [0.25, 0.3) is 12.2 Å². The van der Waals surface area contributed by atoms with E-state index in [2.05, 4.69) is 0 Å². The highest BCUT2D eigenvalue weighted by atomic mass is 35.5. The number of anilines is 2. The van der Waals surface area contributed by atoms with Gasteiger partial charge in [-0.2, -0.15) is 0 Å². The second-order valence-electron chi connectivity index (χ2n) is 4.27. The van der Waals surface area contributed by atoms with Crippen LogP contribution in [0.3, 0.4) is 0 Å². The fraction of sp³-hybridized carbons (Fsp3) is 0. The minimum absolute atomic E-state index is 0.514. The Balaban J connectivity index is 2.30. The van der Waals surface area contributed by atoms with Crippen molar-refractivity contribution in [2.45, 2.75) is 0 Å². The molecule has 0 saturated heterocycles. The van der Waals surface area contributed by atoms with Crippen LogP contribution in [0.15, 0.2) is 42.5 Å². The molecule has 0 unspecified atom stereocenters. The minimum Gasteiger partial charge on any atom is -0.351 e. The molecule has 0 atom stereocenters. The number of carbonyl (C=O) groups is 1. The number of primary amides is 1. The molecule has 3 rings (SSSR count). The summed E-state index contributed by atoms with van der Waals surface area (Å²) in [7, 11) is 0. The van der Waals surface area contributed by atoms with Crippen molar-refractivity contribution in [1.29, 1.82) is 0 Å². The van der Waals surface area contributed by atoms with Crippen molar-refractivity contribution in [3.8, 4) is 0 Å². The summed E-state index contributed by atoms with van der Waals surface area (Å²) in [4.78, 5) is 13.3. The predicted molar refractivity (Wildman–Crippen MR) is 78.5 cm³/mol. The number of amides is 2. The van der Waals surface area contributed by atoms with E-state index >= 15 is 0 Å². The summed E-state index contributed by atoms with van der Waals surface area (Å²) in [6, 6.07) is 12.5. The molecule has 1 aliphatic heterocycles. The van der Waals surface area contributed by atoms with Crippen molar-refractivity contribution < 1.29 is 4.79 Å². The number of nitrogens with zero attached hydrogens (tertiary/aromatic N) is 1. The smallest absolute Gasteiger partial charge is 0.323 e. The molecule has 0 fully saturated rings. The topological polar surface area (TPSA) is 46.3 Å². The highest BCUT2D eigenvalue weighted by molar-refractivity contribution is 6.31. The number of para-hydroxylation sites is 1. The van der Waals surface area contributed by atoms with Crippen LogP contribution in [0.4, 0.5) is 16.2 Å². The first-order valence-corrected chi connectivity index (χ1v) is 6.21. The number of hydrogen-bond donors (Lipinski definition) is 1. The van der Waals surface area contributed by atoms with E-state index in [9.17, 15) is 4.79 Å². The zero-order chi connectivity index (χ0) is 13.4. The third-order valence-electron chi connectivity index (χ3n) is 3.07. The lowest BCUT2D eigenvalue weighted by atomic mass is 10.1. The largest absolute Gasteiger partial charge is 0.351 e. The molecule has 2 amide bonds. The second kappa shape index (κ2) is 4.44. The number of halogens is 1. The third kappa shape index (κ3) is 1.98. The molecule has 2 aromatic rings. The van der Waals surface area contributed by atoms with E-state index in [0.29, 0.717) is 5.02 Å². The Kier molecular flexibility index (Phi) is 2.76. The molecule has 4 heteroatoms. The normalized spacial score (nSPS) is 12.6. The van der Waals surface area contributed by atoms with Crippen LogP contribution in [-0.4, -0.2) is 6.03 Å². The van der Waals surface area contributed by atoms with Gasteiger partial charge in [-0.25, -0.2) is 4.79 Å². The highest BCUT2D eigenvalue weighted by Crippen LogP contribution is 2.36. The Morgan fingerprint density at radius 1 is 1.00 bits per heavy atom. The highest BCUT2D eigenvalue weighted by Gasteiger charge is 2.21. The van der Waals surface area contributed by atoms with Gasteiger partial charge in [0.05, 0.1) is 11.4 Å². The van der Waals surface area contributed by atoms with Crippen LogP contribution >= 0.6 is 11.6 Å². The van der Waals surface area contributed by atoms with E-state index in [1.807, 2.05) is 42.5 Å². The number of nitrogens with two attached hydrogens (primary N) is 1. The van der Waals surface area contributed by atoms with Crippen LogP contribution in [-0.2, 0) is 0 Å². The zero-order valence-electron chi connectivity index (χ0n) is 10.0. The Morgan fingerprint density at radius 2 is 1.68 bits per heavy atom. The van der Waals surface area contributed by atoms with Crippen LogP contribution in [0.1, 0.15) is 11.1 Å². The van der Waals surface area contributed by atoms with Gasteiger partial charge in [-0.1, -0.05) is 42.0 Å². The van der Waals surface area contributed by atoms with Gasteiger partial charge >= 0.3 is 6.03 Å². The molecule has 2 N–H and O–H groups in total. The van der Waals surface area contributed by atoms with Crippen LogP contribution in [0.2, 0.25) is 5.02 Å². The van der Waals surface area contributed by atoms with E-state index in [0.717, 1.165) is 22.5 Å². The number of fused-ring (bicyclic) bond motifs is 2. The second-order valence-corrected chi connectivity index (χ2v) is 4.71. The van der Waals surface area contributed by atoms with E-state index in [1.54, 1.807) is 12.1 Å². The molecule has 19 heavy (non-hydrogen) atoms. The lowest BCUT2D eigenvalue weighted by Gasteiger charge is -2.22. The maximum absolute atomic E-state index is 11.8. The summed E-state index contributed by atoms with van der Waals surface area (Å²) < 4.78 is 0. The third-order valence-corrected chi connectivity index (χ3v) is 3.31. The summed E-state index contributed by atoms with van der Waals surface area (Å²) in [5.41, 5.74) is 8.84. The standard InChI is InChI=1S/C15H11ClN2O/c16-12-7-8-14-11(9-12)6-5-10-3-1-2-4-13(10)18(14)15(17)19/h1-9H,(H2,17,19). The van der Waals surface area contributed by atoms with Crippen LogP contribution < -0.4 is 10.6 Å². The van der Waals surface area contributed by atoms with Gasteiger partial charge in [0.15, 0.2) is 0 Å². The first-order chi connectivity index (χ1) is 9.16. The zero-order valence-corrected chi connectivity index (χ0v) is 10.8. The molecule has 94 valence electrons. The summed E-state index contributed by atoms with van der Waals surface area (Å²) in [5, 5.41) is 0.624. The van der Waals surface area contributed by atoms with Crippen molar-refractivity contribution in [1.82, 2.24) is 0 Å². The lowest BCUT2D eigenvalue weighted by Crippen LogP contribution is -2.32. The molecule has 2 aromatic carbocycles. The summed E-state index contributed by atoms with van der Waals surface area (Å²) >= 11 is 6.00. The van der Waals surface area contributed by atoms with E-state index in [1.165, 1.54) is 4.90 Å². The molecule has 3 nitrogen and oxygen atoms in total. The maximum Gasteiger partial charge on any atom is 0.323 e. The molecular weight excluding hydrogens is 260 g/mol. The van der Waals surface area contributed by atoms with Crippen molar-refractivity contribution in [3.63, 3.8) is 0 Å². The van der Waals surface area contributed by atoms with Crippen molar-refractivity contribution in [2.75, 3.05) is 4.90 Å². The van der Waals surface area contributed by atoms with Gasteiger partial charge in [-0.3, -0.25) is 4.90 Å². The van der Waals surface area contributed by atoms with Gasteiger partial charge in [0.25, 0.3) is 0 Å². The summed E-state index contributed by atoms with van der Waals surface area (Å²) in [5.74, 6) is 0. The molecule has 0 saturated carbocycles. The van der Waals surface area contributed by atoms with Gasteiger partial charge in [-0.05, 0) is 29.8 Å². The molecule has 1 heterocycles. The van der Waals surface area contributed by atoms with E-state index in [-0.39, 0.29) is 0 Å². The molecular formula is C15H11ClN2O. The van der Waals surface area contributed by atoms with Gasteiger partial charge in [0, 0.05) is 10.6 Å². The van der Waals surface area contributed by atoms with Crippen molar-refractivity contribution in [3.05, 3.63) is 58.6 Å². The fourth-order valence-corrected chi connectivity index (χ4v) is 2.42. The quantitative estimate of drug-likeness (QED) is 0.771. The molecule has 0 aromatic heterocycles. The Hall–Kier alpha value is -2.26. The lowest BCUT2D eigenvalue weighted by molar-refractivity contribution is 0.256. The van der Waals surface area contributed by atoms with Crippen molar-refractivity contribution >= 4 is 41.2 Å². The van der Waals surface area contributed by atoms with Gasteiger partial charge in [-0.15, -0.1) is 0 Å². The first-order valence-electron chi connectivity index (χ1n) is 5.83. The Labute approximate surface area is 115 Å². The molecule has 0 radical (unpaired) electrons. The Bertz CT molecular complexity index is 694. The molecule has 1 aliphatic rings. The van der Waals surface area contributed by atoms with Gasteiger partial charge in [0.1, 0.15) is 0 Å². The number of rotatable bonds is 0. The average molecular weight is 271 g/mol. The monoisotopic (exact) mass is 270 g/mol. The number of urea groups is 1. The van der Waals surface area contributed by atoms with Gasteiger partial charge < -0.3 is 5.73 Å². The number of carbonyl (C=O) groups excluding carboxylic acids is 1. The first kappa shape index (κ1) is 11.8. The minimum atomic E-state index is -0.514. The number of hydrogen-bond acceptors (Lipinski definition) is 1. The van der Waals surface area contributed by atoms with Gasteiger partial charge in [0.2, 0.25) is 0 Å². The van der Waals surface area contributed by atoms with E-state index in [4.69, 9.17) is 17.3 Å². The predicted octanol–water partition coefficient (Wildman–Crippen LogP) is 4.04. The SMILES string of the molecule is NC(=O)N1c2ccccc2C=Cc2cc(Cl)ccc21. The fourth-order valence-electron chi connectivity index (χ4n) is 2.24. The van der Waals surface area contributed by atoms with Crippen molar-refractivity contribution in [2.24, 2.45) is 5.73 Å². The molecule has 0 bridgehead atoms. The summed E-state index contributed by atoms with van der Waals surface area (Å²) in [6.07, 6.45) is 3.89. The Morgan fingerprint density at radius 3 is 2.47 bits per heavy atom. The van der Waals surface area contributed by atoms with Crippen LogP contribution in [0.5, 0.6) is 0 Å². The summed E-state index contributed by atoms with van der Waals surface area (Å²) in [6.45, 7) is 0. The van der Waals surface area contributed by atoms with E-state index < -0.39 is 6.03 Å². The average Bonchev–Trinajstić information content (AvgIpc) is 2.55. The van der Waals surface area contributed by atoms with Crippen LogP contribution in [0, 0.1) is 0 Å². The molecule has 0 aliphatic carbocycles. The maximum atomic E-state index is 11.8. The molecule has 0 spiro atoms.